The molecule has 21 heavy (non-hydrogen) atoms. The zero-order chi connectivity index (χ0) is 15.2. The van der Waals surface area contributed by atoms with Crippen LogP contribution in [0.1, 0.15) is 16.8 Å². The Bertz CT molecular complexity index is 641. The van der Waals surface area contributed by atoms with Crippen LogP contribution in [-0.4, -0.2) is 37.3 Å². The van der Waals surface area contributed by atoms with Gasteiger partial charge in [-0.3, -0.25) is 14.8 Å². The third kappa shape index (κ3) is 3.75. The van der Waals surface area contributed by atoms with Gasteiger partial charge in [-0.05, 0) is 12.5 Å². The van der Waals surface area contributed by atoms with Crippen molar-refractivity contribution in [1.29, 1.82) is 0 Å². The fourth-order valence-corrected chi connectivity index (χ4v) is 1.75. The molecule has 0 unspecified atom stereocenters. The van der Waals surface area contributed by atoms with E-state index < -0.39 is 16.6 Å². The van der Waals surface area contributed by atoms with Crippen LogP contribution in [0.15, 0.2) is 30.7 Å². The molecule has 0 aliphatic carbocycles. The molecular weight excluding hydrogens is 278 g/mol. The molecule has 2 aromatic heterocycles. The van der Waals surface area contributed by atoms with E-state index in [0.29, 0.717) is 18.9 Å². The van der Waals surface area contributed by atoms with Crippen molar-refractivity contribution in [1.82, 2.24) is 14.8 Å². The second-order valence-electron chi connectivity index (χ2n) is 4.20. The number of carbonyl (C=O) groups is 1. The summed E-state index contributed by atoms with van der Waals surface area (Å²) in [7, 11) is 0. The molecule has 0 fully saturated rings. The Kier molecular flexibility index (Phi) is 4.44. The fraction of sp³-hybridized carbons (Fsp3) is 0.250. The van der Waals surface area contributed by atoms with Crippen LogP contribution in [0.2, 0.25) is 0 Å². The predicted molar refractivity (Wildman–Crippen MR) is 73.2 cm³/mol. The third-order valence-corrected chi connectivity index (χ3v) is 2.74. The van der Waals surface area contributed by atoms with E-state index in [1.807, 2.05) is 12.3 Å². The largest absolute Gasteiger partial charge is 0.477 e. The van der Waals surface area contributed by atoms with Gasteiger partial charge in [0.15, 0.2) is 0 Å². The van der Waals surface area contributed by atoms with E-state index in [1.54, 1.807) is 10.9 Å². The molecule has 110 valence electrons. The van der Waals surface area contributed by atoms with Gasteiger partial charge < -0.3 is 10.4 Å². The highest BCUT2D eigenvalue weighted by atomic mass is 16.6. The number of hydrogen-bond acceptors (Lipinski definition) is 6. The van der Waals surface area contributed by atoms with Gasteiger partial charge in [-0.1, -0.05) is 0 Å². The average Bonchev–Trinajstić information content (AvgIpc) is 2.96. The molecule has 0 aromatic carbocycles. The van der Waals surface area contributed by atoms with Gasteiger partial charge >= 0.3 is 11.7 Å². The lowest BCUT2D eigenvalue weighted by atomic mass is 10.2. The third-order valence-electron chi connectivity index (χ3n) is 2.74. The normalized spacial score (nSPS) is 10.3. The molecule has 0 aliphatic heterocycles. The predicted octanol–water partition coefficient (Wildman–Crippen LogP) is 1.39. The topological polar surface area (TPSA) is 123 Å². The van der Waals surface area contributed by atoms with Crippen LogP contribution in [0, 0.1) is 10.1 Å². The lowest BCUT2D eigenvalue weighted by Crippen LogP contribution is -2.10. The molecule has 0 atom stereocenters. The lowest BCUT2D eigenvalue weighted by Gasteiger charge is -2.06. The van der Waals surface area contributed by atoms with Gasteiger partial charge in [0.1, 0.15) is 17.6 Å². The van der Waals surface area contributed by atoms with E-state index in [9.17, 15) is 14.9 Å². The first kappa shape index (κ1) is 14.4. The second kappa shape index (κ2) is 6.46. The lowest BCUT2D eigenvalue weighted by molar-refractivity contribution is -0.385. The molecule has 0 amide bonds. The molecule has 0 saturated heterocycles. The smallest absolute Gasteiger partial charge is 0.342 e. The first-order valence-corrected chi connectivity index (χ1v) is 6.17. The average molecular weight is 291 g/mol. The molecule has 2 aromatic rings. The second-order valence-corrected chi connectivity index (χ2v) is 4.20. The number of carboxylic acids is 1. The Morgan fingerprint density at radius 3 is 2.95 bits per heavy atom. The van der Waals surface area contributed by atoms with E-state index in [2.05, 4.69) is 15.4 Å². The van der Waals surface area contributed by atoms with E-state index >= 15 is 0 Å². The Balaban J connectivity index is 1.95. The summed E-state index contributed by atoms with van der Waals surface area (Å²) in [5.41, 5.74) is -0.908. The zero-order valence-electron chi connectivity index (χ0n) is 11.0. The molecule has 2 N–H and O–H groups in total. The van der Waals surface area contributed by atoms with Crippen molar-refractivity contribution in [2.24, 2.45) is 0 Å². The highest BCUT2D eigenvalue weighted by molar-refractivity contribution is 5.93. The minimum atomic E-state index is -1.36. The van der Waals surface area contributed by atoms with Crippen LogP contribution in [0.4, 0.5) is 11.5 Å². The maximum absolute atomic E-state index is 11.0. The Morgan fingerprint density at radius 2 is 2.33 bits per heavy atom. The van der Waals surface area contributed by atoms with Crippen molar-refractivity contribution >= 4 is 17.5 Å². The molecule has 0 aliphatic rings. The summed E-state index contributed by atoms with van der Waals surface area (Å²) >= 11 is 0. The van der Waals surface area contributed by atoms with Crippen molar-refractivity contribution in [3.8, 4) is 0 Å². The first-order valence-electron chi connectivity index (χ1n) is 6.17. The molecule has 0 saturated carbocycles. The van der Waals surface area contributed by atoms with Crippen LogP contribution in [0.3, 0.4) is 0 Å². The SMILES string of the molecule is O=C(O)c1cc(NCCCn2cccn2)ncc1[N+](=O)[O-]. The number of nitro groups is 1. The number of aryl methyl sites for hydroxylation is 1. The van der Waals surface area contributed by atoms with Crippen molar-refractivity contribution < 1.29 is 14.8 Å². The van der Waals surface area contributed by atoms with Crippen molar-refractivity contribution in [2.75, 3.05) is 11.9 Å². The van der Waals surface area contributed by atoms with Crippen LogP contribution >= 0.6 is 0 Å². The number of aromatic carboxylic acids is 1. The van der Waals surface area contributed by atoms with Gasteiger partial charge in [0.05, 0.1) is 4.92 Å². The van der Waals surface area contributed by atoms with Crippen LogP contribution < -0.4 is 5.32 Å². The maximum atomic E-state index is 11.0. The number of carboxylic acid groups (broad SMARTS) is 1. The minimum Gasteiger partial charge on any atom is -0.477 e. The molecule has 2 rings (SSSR count). The molecule has 9 nitrogen and oxygen atoms in total. The monoisotopic (exact) mass is 291 g/mol. The number of aromatic nitrogens is 3. The molecule has 0 bridgehead atoms. The first-order chi connectivity index (χ1) is 10.1. The van der Waals surface area contributed by atoms with E-state index in [-0.39, 0.29) is 5.56 Å². The van der Waals surface area contributed by atoms with Gasteiger partial charge in [-0.15, -0.1) is 0 Å². The Labute approximate surface area is 119 Å². The molecular formula is C12H13N5O4. The summed E-state index contributed by atoms with van der Waals surface area (Å²) in [6, 6.07) is 2.98. The highest BCUT2D eigenvalue weighted by Crippen LogP contribution is 2.20. The number of hydrogen-bond donors (Lipinski definition) is 2. The fourth-order valence-electron chi connectivity index (χ4n) is 1.75. The summed E-state index contributed by atoms with van der Waals surface area (Å²) in [6.07, 6.45) is 5.22. The number of pyridine rings is 1. The van der Waals surface area contributed by atoms with Crippen molar-refractivity contribution in [3.05, 3.63) is 46.4 Å². The number of nitrogens with one attached hydrogen (secondary N) is 1. The van der Waals surface area contributed by atoms with Crippen LogP contribution in [0.5, 0.6) is 0 Å². The number of nitrogens with zero attached hydrogens (tertiary/aromatic N) is 4. The van der Waals surface area contributed by atoms with E-state index in [1.165, 1.54) is 0 Å². The molecule has 2 heterocycles. The summed E-state index contributed by atoms with van der Waals surface area (Å²) in [5.74, 6) is -1.07. The van der Waals surface area contributed by atoms with Crippen molar-refractivity contribution in [3.63, 3.8) is 0 Å². The van der Waals surface area contributed by atoms with Gasteiger partial charge in [0, 0.05) is 31.5 Å². The Hall–Kier alpha value is -2.97. The Morgan fingerprint density at radius 1 is 1.52 bits per heavy atom. The standard InChI is InChI=1S/C12H13N5O4/c18-12(19)9-7-11(14-8-10(9)17(20)21)13-3-1-5-16-6-2-4-15-16/h2,4,6-8H,1,3,5H2,(H,13,14)(H,18,19). The molecule has 0 radical (unpaired) electrons. The summed E-state index contributed by atoms with van der Waals surface area (Å²) < 4.78 is 1.77. The van der Waals surface area contributed by atoms with Crippen molar-refractivity contribution in [2.45, 2.75) is 13.0 Å². The molecule has 9 heteroatoms. The maximum Gasteiger partial charge on any atom is 0.342 e. The quantitative estimate of drug-likeness (QED) is 0.448. The van der Waals surface area contributed by atoms with Crippen LogP contribution in [0.25, 0.3) is 0 Å². The summed E-state index contributed by atoms with van der Waals surface area (Å²) in [5, 5.41) is 26.6. The number of anilines is 1. The van der Waals surface area contributed by atoms with Gasteiger partial charge in [0.2, 0.25) is 0 Å². The van der Waals surface area contributed by atoms with Gasteiger partial charge in [-0.2, -0.15) is 5.10 Å². The minimum absolute atomic E-state index is 0.290. The summed E-state index contributed by atoms with van der Waals surface area (Å²) in [6.45, 7) is 1.25. The number of rotatable bonds is 7. The van der Waals surface area contributed by atoms with Gasteiger partial charge in [0.25, 0.3) is 0 Å². The molecule has 0 spiro atoms. The van der Waals surface area contributed by atoms with Gasteiger partial charge in [-0.25, -0.2) is 9.78 Å². The highest BCUT2D eigenvalue weighted by Gasteiger charge is 2.20. The summed E-state index contributed by atoms with van der Waals surface area (Å²) in [4.78, 5) is 24.8. The van der Waals surface area contributed by atoms with E-state index in [0.717, 1.165) is 18.7 Å². The zero-order valence-corrected chi connectivity index (χ0v) is 11.0. The van der Waals surface area contributed by atoms with E-state index in [4.69, 9.17) is 5.11 Å². The van der Waals surface area contributed by atoms with Crippen LogP contribution in [-0.2, 0) is 6.54 Å².